The van der Waals surface area contributed by atoms with Gasteiger partial charge in [-0.2, -0.15) is 0 Å². The maximum absolute atomic E-state index is 9.10. The van der Waals surface area contributed by atoms with Crippen molar-refractivity contribution in [3.05, 3.63) is 40.9 Å². The number of aliphatic hydroxyl groups excluding tert-OH is 1. The van der Waals surface area contributed by atoms with Crippen molar-refractivity contribution in [1.82, 2.24) is 14.5 Å². The van der Waals surface area contributed by atoms with Gasteiger partial charge in [0.25, 0.3) is 0 Å². The Balaban J connectivity index is 1.47. The molecule has 0 radical (unpaired) electrons. The molecule has 1 atom stereocenters. The van der Waals surface area contributed by atoms with E-state index in [1.165, 1.54) is 42.9 Å². The maximum atomic E-state index is 9.10. The molecule has 1 fully saturated rings. The lowest BCUT2D eigenvalue weighted by Crippen LogP contribution is -2.22. The molecule has 0 spiro atoms. The fourth-order valence-electron chi connectivity index (χ4n) is 4.16. The lowest BCUT2D eigenvalue weighted by molar-refractivity contribution is 0.231. The average molecular weight is 315 g/mol. The highest BCUT2D eigenvalue weighted by atomic mass is 16.4. The fraction of sp³-hybridized carbons (Fsp3) is 0.611. The van der Waals surface area contributed by atoms with Crippen molar-refractivity contribution < 1.29 is 9.52 Å². The molecule has 3 heterocycles. The second kappa shape index (κ2) is 6.13. The number of hydrogen-bond donors (Lipinski definition) is 1. The number of imidazole rings is 1. The van der Waals surface area contributed by atoms with E-state index < -0.39 is 0 Å². The van der Waals surface area contributed by atoms with Gasteiger partial charge in [-0.25, -0.2) is 4.98 Å². The van der Waals surface area contributed by atoms with Crippen LogP contribution in [0.25, 0.3) is 0 Å². The molecule has 4 rings (SSSR count). The number of nitrogens with zero attached hydrogens (tertiary/aromatic N) is 3. The lowest BCUT2D eigenvalue weighted by Gasteiger charge is -2.21. The summed E-state index contributed by atoms with van der Waals surface area (Å²) in [6.45, 7) is 5.10. The van der Waals surface area contributed by atoms with Crippen LogP contribution in [0.4, 0.5) is 0 Å². The molecule has 2 aromatic rings. The summed E-state index contributed by atoms with van der Waals surface area (Å²) in [7, 11) is 0. The normalized spacial score (nSPS) is 21.7. The maximum Gasteiger partial charge on any atom is 0.129 e. The highest BCUT2D eigenvalue weighted by molar-refractivity contribution is 5.21. The molecular weight excluding hydrogens is 290 g/mol. The topological polar surface area (TPSA) is 54.4 Å². The van der Waals surface area contributed by atoms with Gasteiger partial charge in [0.05, 0.1) is 12.2 Å². The van der Waals surface area contributed by atoms with E-state index in [0.29, 0.717) is 11.8 Å². The van der Waals surface area contributed by atoms with E-state index in [2.05, 4.69) is 16.4 Å². The molecule has 1 aliphatic carbocycles. The molecule has 124 valence electrons. The molecule has 0 amide bonds. The third kappa shape index (κ3) is 2.83. The van der Waals surface area contributed by atoms with E-state index in [0.717, 1.165) is 31.8 Å². The zero-order chi connectivity index (χ0) is 15.8. The van der Waals surface area contributed by atoms with E-state index in [1.807, 2.05) is 12.1 Å². The summed E-state index contributed by atoms with van der Waals surface area (Å²) in [5.74, 6) is 2.78. The van der Waals surface area contributed by atoms with Crippen LogP contribution in [0, 0.1) is 6.92 Å². The molecule has 1 saturated heterocycles. The standard InChI is InChI=1S/C18H25N3O2/c1-13-19-17-4-2-3-5-18(17)21(13)14-8-9-20(10-14)11-15-6-7-16(12-22)23-15/h6-7,14,22H,2-5,8-12H2,1H3/t14-/m1/s1. The largest absolute Gasteiger partial charge is 0.462 e. The van der Waals surface area contributed by atoms with Crippen molar-refractivity contribution in [2.45, 2.75) is 58.2 Å². The Morgan fingerprint density at radius 2 is 2.09 bits per heavy atom. The number of aromatic nitrogens is 2. The van der Waals surface area contributed by atoms with Crippen molar-refractivity contribution in [2.24, 2.45) is 0 Å². The summed E-state index contributed by atoms with van der Waals surface area (Å²) in [5.41, 5.74) is 2.83. The molecule has 5 nitrogen and oxygen atoms in total. The molecule has 23 heavy (non-hydrogen) atoms. The Labute approximate surface area is 136 Å². The van der Waals surface area contributed by atoms with Crippen LogP contribution in [0.3, 0.4) is 0 Å². The van der Waals surface area contributed by atoms with Crippen molar-refractivity contribution in [2.75, 3.05) is 13.1 Å². The van der Waals surface area contributed by atoms with Gasteiger partial charge in [0.1, 0.15) is 24.0 Å². The number of fused-ring (bicyclic) bond motifs is 1. The molecule has 1 N–H and O–H groups in total. The minimum Gasteiger partial charge on any atom is -0.462 e. The highest BCUT2D eigenvalue weighted by Crippen LogP contribution is 2.30. The number of furan rings is 1. The van der Waals surface area contributed by atoms with Crippen molar-refractivity contribution in [3.63, 3.8) is 0 Å². The number of likely N-dealkylation sites (tertiary alicyclic amines) is 1. The second-order valence-corrected chi connectivity index (χ2v) is 6.83. The summed E-state index contributed by atoms with van der Waals surface area (Å²) in [4.78, 5) is 7.26. The molecule has 5 heteroatoms. The SMILES string of the molecule is Cc1nc2c(n1[C@@H]1CCN(Cc3ccc(CO)o3)C1)CCCC2. The summed E-state index contributed by atoms with van der Waals surface area (Å²) in [5, 5.41) is 9.10. The first kappa shape index (κ1) is 15.0. The van der Waals surface area contributed by atoms with Gasteiger partial charge < -0.3 is 14.1 Å². The number of aryl methyl sites for hydroxylation is 2. The van der Waals surface area contributed by atoms with Gasteiger partial charge >= 0.3 is 0 Å². The van der Waals surface area contributed by atoms with Crippen molar-refractivity contribution >= 4 is 0 Å². The van der Waals surface area contributed by atoms with Crippen molar-refractivity contribution in [1.29, 1.82) is 0 Å². The molecular formula is C18H25N3O2. The summed E-state index contributed by atoms with van der Waals surface area (Å²) >= 11 is 0. The Morgan fingerprint density at radius 1 is 1.26 bits per heavy atom. The summed E-state index contributed by atoms with van der Waals surface area (Å²) in [6.07, 6.45) is 6.09. The molecule has 2 aliphatic rings. The zero-order valence-corrected chi connectivity index (χ0v) is 13.8. The number of hydrogen-bond acceptors (Lipinski definition) is 4. The first-order chi connectivity index (χ1) is 11.2. The third-order valence-electron chi connectivity index (χ3n) is 5.21. The van der Waals surface area contributed by atoms with Gasteiger partial charge in [0, 0.05) is 24.8 Å². The Hall–Kier alpha value is -1.59. The van der Waals surface area contributed by atoms with E-state index in [1.54, 1.807) is 0 Å². The smallest absolute Gasteiger partial charge is 0.129 e. The van der Waals surface area contributed by atoms with Crippen LogP contribution in [-0.2, 0) is 26.0 Å². The van der Waals surface area contributed by atoms with Crippen LogP contribution in [0.1, 0.15) is 54.0 Å². The Bertz CT molecular complexity index is 688. The van der Waals surface area contributed by atoms with Gasteiger partial charge in [0.15, 0.2) is 0 Å². The Morgan fingerprint density at radius 3 is 2.91 bits per heavy atom. The first-order valence-electron chi connectivity index (χ1n) is 8.72. The molecule has 0 saturated carbocycles. The van der Waals surface area contributed by atoms with Crippen LogP contribution >= 0.6 is 0 Å². The Kier molecular flexibility index (Phi) is 3.99. The molecule has 2 aromatic heterocycles. The number of aliphatic hydroxyl groups is 1. The third-order valence-corrected chi connectivity index (χ3v) is 5.21. The molecule has 0 bridgehead atoms. The van der Waals surface area contributed by atoms with E-state index in [-0.39, 0.29) is 6.61 Å². The van der Waals surface area contributed by atoms with Crippen LogP contribution in [0.5, 0.6) is 0 Å². The summed E-state index contributed by atoms with van der Waals surface area (Å²) < 4.78 is 8.13. The second-order valence-electron chi connectivity index (χ2n) is 6.83. The van der Waals surface area contributed by atoms with Gasteiger partial charge in [0.2, 0.25) is 0 Å². The minimum atomic E-state index is -0.0248. The van der Waals surface area contributed by atoms with Crippen LogP contribution in [-0.4, -0.2) is 32.6 Å². The van der Waals surface area contributed by atoms with Gasteiger partial charge in [-0.1, -0.05) is 0 Å². The summed E-state index contributed by atoms with van der Waals surface area (Å²) in [6, 6.07) is 4.37. The lowest BCUT2D eigenvalue weighted by atomic mass is 10.0. The van der Waals surface area contributed by atoms with E-state index in [9.17, 15) is 0 Å². The first-order valence-corrected chi connectivity index (χ1v) is 8.72. The van der Waals surface area contributed by atoms with Gasteiger partial charge in [-0.05, 0) is 51.2 Å². The highest BCUT2D eigenvalue weighted by Gasteiger charge is 2.29. The molecule has 0 aromatic carbocycles. The quantitative estimate of drug-likeness (QED) is 0.942. The van der Waals surface area contributed by atoms with Gasteiger partial charge in [-0.15, -0.1) is 0 Å². The average Bonchev–Trinajstić information content (AvgIpc) is 3.25. The minimum absolute atomic E-state index is 0.0248. The van der Waals surface area contributed by atoms with Crippen LogP contribution < -0.4 is 0 Å². The van der Waals surface area contributed by atoms with E-state index in [4.69, 9.17) is 14.5 Å². The monoisotopic (exact) mass is 315 g/mol. The van der Waals surface area contributed by atoms with Crippen LogP contribution in [0.2, 0.25) is 0 Å². The predicted molar refractivity (Wildman–Crippen MR) is 87.2 cm³/mol. The fourth-order valence-corrected chi connectivity index (χ4v) is 4.16. The molecule has 1 aliphatic heterocycles. The van der Waals surface area contributed by atoms with Crippen molar-refractivity contribution in [3.8, 4) is 0 Å². The number of rotatable bonds is 4. The van der Waals surface area contributed by atoms with E-state index >= 15 is 0 Å². The van der Waals surface area contributed by atoms with Crippen LogP contribution in [0.15, 0.2) is 16.5 Å². The molecule has 0 unspecified atom stereocenters. The zero-order valence-electron chi connectivity index (χ0n) is 13.8. The predicted octanol–water partition coefficient (Wildman–Crippen LogP) is 2.60. The van der Waals surface area contributed by atoms with Gasteiger partial charge in [-0.3, -0.25) is 4.90 Å².